The van der Waals surface area contributed by atoms with Gasteiger partial charge in [-0.05, 0) is 31.2 Å². The first-order valence-electron chi connectivity index (χ1n) is 10.4. The van der Waals surface area contributed by atoms with Crippen molar-refractivity contribution < 1.29 is 19.4 Å². The van der Waals surface area contributed by atoms with E-state index in [2.05, 4.69) is 24.3 Å². The number of unbranched alkanes of at least 4 members (excludes halogenated alkanes) is 1. The number of rotatable bonds is 5. The molecule has 3 heterocycles. The van der Waals surface area contributed by atoms with Gasteiger partial charge in [0, 0.05) is 50.5 Å². The van der Waals surface area contributed by atoms with Crippen molar-refractivity contribution in [3.05, 3.63) is 35.9 Å². The Morgan fingerprint density at radius 3 is 2.81 bits per heavy atom. The van der Waals surface area contributed by atoms with Gasteiger partial charge in [0.05, 0.1) is 18.8 Å². The van der Waals surface area contributed by atoms with Gasteiger partial charge >= 0.3 is 0 Å². The van der Waals surface area contributed by atoms with E-state index in [1.807, 2.05) is 11.0 Å². The normalized spacial score (nSPS) is 33.2. The van der Waals surface area contributed by atoms with Gasteiger partial charge in [-0.25, -0.2) is 0 Å². The summed E-state index contributed by atoms with van der Waals surface area (Å²) in [6.45, 7) is 2.99. The van der Waals surface area contributed by atoms with Crippen LogP contribution in [0.3, 0.4) is 0 Å². The quantitative estimate of drug-likeness (QED) is 0.806. The van der Waals surface area contributed by atoms with Crippen molar-refractivity contribution >= 4 is 5.91 Å². The minimum absolute atomic E-state index is 0.00229. The molecule has 3 aliphatic heterocycles. The Morgan fingerprint density at radius 1 is 1.15 bits per heavy atom. The van der Waals surface area contributed by atoms with Gasteiger partial charge in [-0.3, -0.25) is 4.79 Å². The van der Waals surface area contributed by atoms with Crippen molar-refractivity contribution in [2.24, 2.45) is 11.8 Å². The number of fused-ring (bicyclic) bond motifs is 3. The summed E-state index contributed by atoms with van der Waals surface area (Å²) in [5.41, 5.74) is 0.588. The molecular formula is C22H31NO4. The Kier molecular flexibility index (Phi) is 5.81. The summed E-state index contributed by atoms with van der Waals surface area (Å²) in [5.74, 6) is 0.247. The van der Waals surface area contributed by atoms with Crippen LogP contribution in [0.5, 0.6) is 0 Å². The number of amides is 1. The molecule has 1 amide bonds. The number of carbonyl (C=O) groups is 1. The number of nitrogens with zero attached hydrogens (tertiary/aromatic N) is 1. The average molecular weight is 373 g/mol. The molecule has 1 aromatic rings. The van der Waals surface area contributed by atoms with Crippen molar-refractivity contribution in [2.45, 2.75) is 50.2 Å². The van der Waals surface area contributed by atoms with Crippen LogP contribution in [0.2, 0.25) is 0 Å². The second kappa shape index (κ2) is 8.29. The van der Waals surface area contributed by atoms with Crippen molar-refractivity contribution in [3.8, 4) is 0 Å². The molecule has 0 aromatic heterocycles. The number of benzene rings is 1. The first kappa shape index (κ1) is 18.9. The molecule has 0 spiro atoms. The Balaban J connectivity index is 1.36. The van der Waals surface area contributed by atoms with Gasteiger partial charge in [0.2, 0.25) is 5.91 Å². The van der Waals surface area contributed by atoms with E-state index < -0.39 is 5.60 Å². The Bertz CT molecular complexity index is 636. The number of hydrogen-bond donors (Lipinski definition) is 1. The van der Waals surface area contributed by atoms with E-state index in [1.54, 1.807) is 0 Å². The molecule has 4 atom stereocenters. The van der Waals surface area contributed by atoms with E-state index in [0.717, 1.165) is 25.7 Å². The van der Waals surface area contributed by atoms with Crippen LogP contribution in [-0.2, 0) is 20.7 Å². The minimum Gasteiger partial charge on any atom is -0.389 e. The predicted octanol–water partition coefficient (Wildman–Crippen LogP) is 2.41. The summed E-state index contributed by atoms with van der Waals surface area (Å²) in [7, 11) is 0. The van der Waals surface area contributed by atoms with Gasteiger partial charge in [0.15, 0.2) is 0 Å². The smallest absolute Gasteiger partial charge is 0.222 e. The SMILES string of the molecule is O=C(CCCCc1ccccc1)N1C[C@H]2COCC[C@@]2(O)[C@@H]2COCC[C@@H]21. The number of hydrogen-bond acceptors (Lipinski definition) is 4. The van der Waals surface area contributed by atoms with Crippen LogP contribution in [0, 0.1) is 11.8 Å². The third-order valence-electron chi connectivity index (χ3n) is 6.72. The summed E-state index contributed by atoms with van der Waals surface area (Å²) in [6, 6.07) is 10.6. The molecule has 3 saturated heterocycles. The predicted molar refractivity (Wildman–Crippen MR) is 102 cm³/mol. The van der Waals surface area contributed by atoms with Gasteiger partial charge < -0.3 is 19.5 Å². The fourth-order valence-corrected chi connectivity index (χ4v) is 5.14. The number of likely N-dealkylation sites (tertiary alicyclic amines) is 1. The van der Waals surface area contributed by atoms with Gasteiger partial charge in [-0.1, -0.05) is 30.3 Å². The summed E-state index contributed by atoms with van der Waals surface area (Å²) in [4.78, 5) is 15.1. The van der Waals surface area contributed by atoms with Gasteiger partial charge in [-0.2, -0.15) is 0 Å². The van der Waals surface area contributed by atoms with E-state index in [0.29, 0.717) is 45.8 Å². The molecule has 27 heavy (non-hydrogen) atoms. The standard InChI is InChI=1S/C22H31NO4/c24-21(9-5-4-8-17-6-2-1-3-7-17)23-14-18-15-27-13-11-22(18,25)19-16-26-12-10-20(19)23/h1-3,6-7,18-20,25H,4-5,8-16H2/t18-,19+,20-,22-/m0/s1. The second-order valence-electron chi connectivity index (χ2n) is 8.29. The van der Waals surface area contributed by atoms with E-state index in [1.165, 1.54) is 5.56 Å². The molecule has 1 N–H and O–H groups in total. The van der Waals surface area contributed by atoms with Crippen LogP contribution in [0.25, 0.3) is 0 Å². The van der Waals surface area contributed by atoms with Gasteiger partial charge in [-0.15, -0.1) is 0 Å². The third-order valence-corrected chi connectivity index (χ3v) is 6.72. The molecule has 0 radical (unpaired) electrons. The van der Waals surface area contributed by atoms with E-state index in [-0.39, 0.29) is 23.8 Å². The zero-order valence-electron chi connectivity index (χ0n) is 16.0. The first-order valence-corrected chi connectivity index (χ1v) is 10.4. The summed E-state index contributed by atoms with van der Waals surface area (Å²) in [6.07, 6.45) is 5.02. The Morgan fingerprint density at radius 2 is 1.96 bits per heavy atom. The number of carbonyl (C=O) groups excluding carboxylic acids is 1. The fraction of sp³-hybridized carbons (Fsp3) is 0.682. The van der Waals surface area contributed by atoms with Crippen molar-refractivity contribution in [3.63, 3.8) is 0 Å². The maximum atomic E-state index is 13.0. The maximum absolute atomic E-state index is 13.0. The van der Waals surface area contributed by atoms with Crippen LogP contribution in [-0.4, -0.2) is 60.5 Å². The minimum atomic E-state index is -0.743. The lowest BCUT2D eigenvalue weighted by Crippen LogP contribution is -2.68. The topological polar surface area (TPSA) is 59.0 Å². The van der Waals surface area contributed by atoms with Crippen LogP contribution >= 0.6 is 0 Å². The van der Waals surface area contributed by atoms with E-state index >= 15 is 0 Å². The Hall–Kier alpha value is -1.43. The highest BCUT2D eigenvalue weighted by atomic mass is 16.5. The molecule has 0 bridgehead atoms. The number of ether oxygens (including phenoxy) is 2. The second-order valence-corrected chi connectivity index (χ2v) is 8.29. The molecule has 0 unspecified atom stereocenters. The largest absolute Gasteiger partial charge is 0.389 e. The molecule has 148 valence electrons. The summed E-state index contributed by atoms with van der Waals surface area (Å²) >= 11 is 0. The zero-order chi connectivity index (χ0) is 18.7. The van der Waals surface area contributed by atoms with Crippen molar-refractivity contribution in [2.75, 3.05) is 33.0 Å². The monoisotopic (exact) mass is 373 g/mol. The average Bonchev–Trinajstić information content (AvgIpc) is 2.71. The van der Waals surface area contributed by atoms with Crippen LogP contribution < -0.4 is 0 Å². The Labute approximate surface area is 161 Å². The van der Waals surface area contributed by atoms with Crippen molar-refractivity contribution in [1.29, 1.82) is 0 Å². The molecule has 4 rings (SSSR count). The molecular weight excluding hydrogens is 342 g/mol. The zero-order valence-corrected chi connectivity index (χ0v) is 16.0. The number of piperidine rings is 1. The molecule has 3 aliphatic rings. The van der Waals surface area contributed by atoms with Gasteiger partial charge in [0.25, 0.3) is 0 Å². The highest BCUT2D eigenvalue weighted by molar-refractivity contribution is 5.76. The lowest BCUT2D eigenvalue weighted by molar-refractivity contribution is -0.219. The van der Waals surface area contributed by atoms with E-state index in [9.17, 15) is 9.90 Å². The summed E-state index contributed by atoms with van der Waals surface area (Å²) < 4.78 is 11.3. The molecule has 0 saturated carbocycles. The molecule has 0 aliphatic carbocycles. The number of aryl methyl sites for hydroxylation is 1. The lowest BCUT2D eigenvalue weighted by atomic mass is 9.66. The van der Waals surface area contributed by atoms with Gasteiger partial charge in [0.1, 0.15) is 0 Å². The maximum Gasteiger partial charge on any atom is 0.222 e. The molecule has 5 heteroatoms. The van der Waals surface area contributed by atoms with Crippen LogP contribution in [0.4, 0.5) is 0 Å². The van der Waals surface area contributed by atoms with E-state index in [4.69, 9.17) is 9.47 Å². The molecule has 1 aromatic carbocycles. The molecule has 5 nitrogen and oxygen atoms in total. The highest BCUT2D eigenvalue weighted by Crippen LogP contribution is 2.44. The van der Waals surface area contributed by atoms with Crippen molar-refractivity contribution in [1.82, 2.24) is 4.90 Å². The highest BCUT2D eigenvalue weighted by Gasteiger charge is 2.56. The van der Waals surface area contributed by atoms with Crippen LogP contribution in [0.15, 0.2) is 30.3 Å². The fourth-order valence-electron chi connectivity index (χ4n) is 5.14. The van der Waals surface area contributed by atoms with Crippen LogP contribution in [0.1, 0.15) is 37.7 Å². The number of aliphatic hydroxyl groups is 1. The third kappa shape index (κ3) is 3.91. The molecule has 3 fully saturated rings. The lowest BCUT2D eigenvalue weighted by Gasteiger charge is -2.57. The summed E-state index contributed by atoms with van der Waals surface area (Å²) in [5, 5.41) is 11.3. The first-order chi connectivity index (χ1) is 13.2.